The Bertz CT molecular complexity index is 2550. The van der Waals surface area contributed by atoms with Crippen molar-refractivity contribution in [2.24, 2.45) is 0 Å². The third kappa shape index (κ3) is 8.59. The van der Waals surface area contributed by atoms with Gasteiger partial charge in [-0.15, -0.1) is 0 Å². The van der Waals surface area contributed by atoms with E-state index in [-0.39, 0.29) is 51.8 Å². The molecule has 6 atom stereocenters. The fourth-order valence-electron chi connectivity index (χ4n) is 10.1. The zero-order valence-corrected chi connectivity index (χ0v) is 35.5. The second kappa shape index (κ2) is 18.3. The number of aliphatic hydroxyl groups excluding tert-OH is 1. The number of aromatic nitrogens is 2. The van der Waals surface area contributed by atoms with Crippen LogP contribution in [0.1, 0.15) is 61.6 Å². The fourth-order valence-corrected chi connectivity index (χ4v) is 10.1. The van der Waals surface area contributed by atoms with Gasteiger partial charge in [-0.05, 0) is 54.5 Å². The summed E-state index contributed by atoms with van der Waals surface area (Å²) in [5.41, 5.74) is 2.65. The van der Waals surface area contributed by atoms with Crippen molar-refractivity contribution in [3.8, 4) is 0 Å². The lowest BCUT2D eigenvalue weighted by Gasteiger charge is -2.35. The summed E-state index contributed by atoms with van der Waals surface area (Å²) < 4.78 is 6.31. The van der Waals surface area contributed by atoms with Gasteiger partial charge in [0.2, 0.25) is 35.4 Å². The lowest BCUT2D eigenvalue weighted by Crippen LogP contribution is -2.65. The molecule has 3 saturated heterocycles. The number of amides is 6. The van der Waals surface area contributed by atoms with Crippen LogP contribution in [0, 0.1) is 0 Å². The molecule has 3 aromatic carbocycles. The summed E-state index contributed by atoms with van der Waals surface area (Å²) in [6.07, 6.45) is 5.78. The van der Waals surface area contributed by atoms with Crippen molar-refractivity contribution in [3.63, 3.8) is 0 Å². The maximum Gasteiger partial charge on any atom is 0.248 e. The molecule has 64 heavy (non-hydrogen) atoms. The molecule has 4 fully saturated rings. The van der Waals surface area contributed by atoms with E-state index in [2.05, 4.69) is 31.2 Å². The molecule has 334 valence electrons. The maximum atomic E-state index is 14.8. The number of hydrogen-bond donors (Lipinski definition) is 7. The number of nitrogens with one attached hydrogen (secondary N) is 6. The van der Waals surface area contributed by atoms with E-state index >= 15 is 0 Å². The Labute approximate surface area is 369 Å². The van der Waals surface area contributed by atoms with Crippen LogP contribution in [0.15, 0.2) is 91.3 Å². The third-order valence-electron chi connectivity index (χ3n) is 13.5. The smallest absolute Gasteiger partial charge is 0.248 e. The monoisotopic (exact) mass is 870 g/mol. The van der Waals surface area contributed by atoms with Crippen LogP contribution in [-0.4, -0.2) is 122 Å². The minimum Gasteiger partial charge on any atom is -0.394 e. The molecular weight excluding hydrogens is 817 g/mol. The molecular formula is C48H54N8O8. The zero-order chi connectivity index (χ0) is 44.4. The van der Waals surface area contributed by atoms with Crippen molar-refractivity contribution >= 4 is 57.2 Å². The van der Waals surface area contributed by atoms with Crippen molar-refractivity contribution in [2.45, 2.75) is 106 Å². The Balaban J connectivity index is 1.09. The summed E-state index contributed by atoms with van der Waals surface area (Å²) >= 11 is 0. The highest BCUT2D eigenvalue weighted by Crippen LogP contribution is 2.32. The largest absolute Gasteiger partial charge is 0.394 e. The number of rotatable bonds is 8. The van der Waals surface area contributed by atoms with Crippen LogP contribution in [0.4, 0.5) is 0 Å². The van der Waals surface area contributed by atoms with Crippen LogP contribution in [-0.2, 0) is 53.0 Å². The first-order valence-electron chi connectivity index (χ1n) is 22.3. The number of fused-ring (bicyclic) bond motifs is 4. The number of benzene rings is 3. The molecule has 0 radical (unpaired) electrons. The summed E-state index contributed by atoms with van der Waals surface area (Å²) in [5.74, 6) is -3.56. The lowest BCUT2D eigenvalue weighted by molar-refractivity contribution is -0.149. The molecule has 16 heteroatoms. The molecule has 9 rings (SSSR count). The van der Waals surface area contributed by atoms with E-state index in [0.717, 1.165) is 38.5 Å². The number of ether oxygens (including phenoxy) is 1. The highest BCUT2D eigenvalue weighted by atomic mass is 16.5. The highest BCUT2D eigenvalue weighted by molar-refractivity contribution is 6.00. The molecule has 1 spiro atoms. The van der Waals surface area contributed by atoms with Gasteiger partial charge in [-0.25, -0.2) is 0 Å². The second-order valence-electron chi connectivity index (χ2n) is 17.6. The molecule has 7 N–H and O–H groups in total. The average molecular weight is 871 g/mol. The van der Waals surface area contributed by atoms with Gasteiger partial charge < -0.3 is 50.9 Å². The summed E-state index contributed by atoms with van der Waals surface area (Å²) in [6.45, 7) is -0.284. The van der Waals surface area contributed by atoms with Crippen molar-refractivity contribution < 1.29 is 38.6 Å². The average Bonchev–Trinajstić information content (AvgIpc) is 4.18. The molecule has 6 amide bonds. The molecule has 1 saturated carbocycles. The van der Waals surface area contributed by atoms with Gasteiger partial charge in [-0.3, -0.25) is 28.8 Å². The number of hydrogen-bond acceptors (Lipinski definition) is 8. The van der Waals surface area contributed by atoms with E-state index in [1.165, 1.54) is 9.80 Å². The summed E-state index contributed by atoms with van der Waals surface area (Å²) in [4.78, 5) is 97.2. The predicted molar refractivity (Wildman–Crippen MR) is 236 cm³/mol. The van der Waals surface area contributed by atoms with Crippen molar-refractivity contribution in [3.05, 3.63) is 108 Å². The number of carbonyl (C=O) groups excluding carboxylic acids is 6. The quantitative estimate of drug-likeness (QED) is 0.123. The van der Waals surface area contributed by atoms with Gasteiger partial charge in [-0.2, -0.15) is 0 Å². The normalized spacial score (nSPS) is 25.8. The van der Waals surface area contributed by atoms with Gasteiger partial charge >= 0.3 is 0 Å². The fraction of sp³-hybridized carbons (Fsp3) is 0.417. The molecule has 16 nitrogen and oxygen atoms in total. The minimum absolute atomic E-state index is 0.0197. The van der Waals surface area contributed by atoms with Crippen LogP contribution in [0.3, 0.4) is 0 Å². The molecule has 5 heterocycles. The summed E-state index contributed by atoms with van der Waals surface area (Å²) in [5, 5.41) is 24.0. The van der Waals surface area contributed by atoms with Gasteiger partial charge in [0.25, 0.3) is 0 Å². The Morgan fingerprint density at radius 3 is 1.91 bits per heavy atom. The second-order valence-corrected chi connectivity index (χ2v) is 17.6. The van der Waals surface area contributed by atoms with E-state index in [9.17, 15) is 33.9 Å². The van der Waals surface area contributed by atoms with Gasteiger partial charge in [0, 0.05) is 66.6 Å². The van der Waals surface area contributed by atoms with E-state index in [1.807, 2.05) is 78.9 Å². The van der Waals surface area contributed by atoms with Crippen molar-refractivity contribution in [1.29, 1.82) is 0 Å². The van der Waals surface area contributed by atoms with Gasteiger partial charge in [0.1, 0.15) is 35.7 Å². The Morgan fingerprint density at radius 2 is 1.25 bits per heavy atom. The number of aromatic amines is 2. The molecule has 4 aliphatic rings. The Hall–Kier alpha value is -6.52. The number of aliphatic hydroxyl groups is 1. The number of H-pyrrole nitrogens is 2. The topological polar surface area (TPSA) is 218 Å². The van der Waals surface area contributed by atoms with Gasteiger partial charge in [-0.1, -0.05) is 79.6 Å². The van der Waals surface area contributed by atoms with Gasteiger partial charge in [0.05, 0.1) is 19.3 Å². The molecule has 3 aliphatic heterocycles. The van der Waals surface area contributed by atoms with Crippen LogP contribution in [0.2, 0.25) is 0 Å². The minimum atomic E-state index is -1.44. The van der Waals surface area contributed by atoms with Gasteiger partial charge in [0.15, 0.2) is 0 Å². The standard InChI is InChI=1S/C48H54N8O8/c57-27-39-45(61)55-20-10-17-40(55)46(62)56-26-32(64-28-29-11-2-1-3-12-29)23-41(56)44(60)51-38(22-31-25-50-36-16-7-5-14-34(31)36)43(59)54-48(18-8-9-19-48)47(63)53-37(42(58)52-39)21-30-24-49-35-15-6-4-13-33(30)35/h1-7,11-16,24-25,32,37-41,49-50,57H,8-10,17-23,26-28H2,(H,51,60)(H,52,58)(H,53,63)(H,54,59)/t32-,37+,38+,39+,40-,41+/m1/s1. The highest BCUT2D eigenvalue weighted by Gasteiger charge is 2.49. The molecule has 2 aromatic heterocycles. The van der Waals surface area contributed by atoms with Crippen LogP contribution in [0.25, 0.3) is 21.8 Å². The van der Waals surface area contributed by atoms with E-state index in [1.54, 1.807) is 12.4 Å². The van der Waals surface area contributed by atoms with Crippen LogP contribution >= 0.6 is 0 Å². The first-order chi connectivity index (χ1) is 31.1. The van der Waals surface area contributed by atoms with E-state index in [0.29, 0.717) is 25.7 Å². The number of nitrogens with zero attached hydrogens (tertiary/aromatic N) is 2. The maximum absolute atomic E-state index is 14.8. The van der Waals surface area contributed by atoms with Crippen molar-refractivity contribution in [1.82, 2.24) is 41.0 Å². The Kier molecular flexibility index (Phi) is 12.2. The predicted octanol–water partition coefficient (Wildman–Crippen LogP) is 2.50. The SMILES string of the molecule is O=C1NC2(CCCC2)C(=O)N[C@@H](Cc2c[nH]c3ccccc23)C(=O)N[C@@H](CO)C(=O)N2CCC[C@@H]2C(=O)N2C[C@H](OCc3ccccc3)C[C@H]2C(=O)N[C@H]1Cc1c[nH]c2ccccc12. The molecule has 0 unspecified atom stereocenters. The van der Waals surface area contributed by atoms with Crippen LogP contribution < -0.4 is 21.3 Å². The molecule has 1 aliphatic carbocycles. The number of carbonyl (C=O) groups is 6. The summed E-state index contributed by atoms with van der Waals surface area (Å²) in [6, 6.07) is 18.8. The third-order valence-corrected chi connectivity index (χ3v) is 13.5. The zero-order valence-electron chi connectivity index (χ0n) is 35.5. The van der Waals surface area contributed by atoms with Crippen LogP contribution in [0.5, 0.6) is 0 Å². The van der Waals surface area contributed by atoms with E-state index in [4.69, 9.17) is 4.74 Å². The first kappa shape index (κ1) is 42.8. The molecule has 0 bridgehead atoms. The Morgan fingerprint density at radius 1 is 0.641 bits per heavy atom. The van der Waals surface area contributed by atoms with Crippen molar-refractivity contribution in [2.75, 3.05) is 19.7 Å². The number of para-hydroxylation sites is 2. The first-order valence-corrected chi connectivity index (χ1v) is 22.3. The lowest BCUT2D eigenvalue weighted by atomic mass is 9.93. The summed E-state index contributed by atoms with van der Waals surface area (Å²) in [7, 11) is 0. The van der Waals surface area contributed by atoms with E-state index < -0.39 is 83.9 Å². The molecule has 5 aromatic rings.